The fourth-order valence-electron chi connectivity index (χ4n) is 1.62. The summed E-state index contributed by atoms with van der Waals surface area (Å²) < 4.78 is 22.3. The number of amides is 1. The van der Waals surface area contributed by atoms with Crippen LogP contribution in [0.25, 0.3) is 0 Å². The highest BCUT2D eigenvalue weighted by Gasteiger charge is 2.17. The van der Waals surface area contributed by atoms with E-state index in [4.69, 9.17) is 5.14 Å². The van der Waals surface area contributed by atoms with Crippen molar-refractivity contribution in [3.63, 3.8) is 0 Å². The van der Waals surface area contributed by atoms with Crippen LogP contribution in [0.4, 0.5) is 0 Å². The molecule has 108 valence electrons. The molecular weight excluding hydrogens is 316 g/mol. The molecule has 2 aromatic rings. The summed E-state index contributed by atoms with van der Waals surface area (Å²) in [6.07, 6.45) is 0. The number of hydrogen-bond donors (Lipinski definition) is 2. The van der Waals surface area contributed by atoms with Gasteiger partial charge in [0.15, 0.2) is 0 Å². The number of rotatable bonds is 4. The van der Waals surface area contributed by atoms with E-state index in [0.29, 0.717) is 5.56 Å². The molecule has 8 heteroatoms. The minimum atomic E-state index is -3.75. The Morgan fingerprint density at radius 2 is 2.10 bits per heavy atom. The van der Waals surface area contributed by atoms with Crippen molar-refractivity contribution < 1.29 is 13.2 Å². The van der Waals surface area contributed by atoms with Crippen LogP contribution in [-0.4, -0.2) is 14.3 Å². The lowest BCUT2D eigenvalue weighted by Crippen LogP contribution is -2.25. The monoisotopic (exact) mass is 330 g/mol. The van der Waals surface area contributed by atoms with Crippen molar-refractivity contribution in [2.24, 2.45) is 5.14 Å². The van der Waals surface area contributed by atoms with Gasteiger partial charge in [-0.3, -0.25) is 4.79 Å². The molecule has 0 fully saturated rings. The maximum Gasteiger partial charge on any atom is 0.252 e. The first-order valence-corrected chi connectivity index (χ1v) is 9.00. The van der Waals surface area contributed by atoms with Gasteiger partial charge < -0.3 is 5.32 Å². The number of nitrogens with one attached hydrogen (secondary N) is 1. The van der Waals surface area contributed by atoms with E-state index in [-0.39, 0.29) is 16.2 Å². The van der Waals surface area contributed by atoms with Crippen molar-refractivity contribution in [2.45, 2.75) is 24.1 Å². The molecule has 0 bridgehead atoms. The van der Waals surface area contributed by atoms with E-state index in [2.05, 4.69) is 5.32 Å². The maximum absolute atomic E-state index is 12.0. The zero-order valence-electron chi connectivity index (χ0n) is 10.9. The maximum atomic E-state index is 12.0. The number of carbonyl (C=O) groups is 1. The molecule has 2 heterocycles. The Morgan fingerprint density at radius 3 is 2.60 bits per heavy atom. The lowest BCUT2D eigenvalue weighted by Gasteiger charge is -2.11. The fourth-order valence-corrected chi connectivity index (χ4v) is 4.09. The van der Waals surface area contributed by atoms with E-state index in [0.717, 1.165) is 16.2 Å². The molecule has 0 unspecified atom stereocenters. The van der Waals surface area contributed by atoms with Gasteiger partial charge in [-0.1, -0.05) is 0 Å². The lowest BCUT2D eigenvalue weighted by atomic mass is 10.2. The van der Waals surface area contributed by atoms with Crippen LogP contribution in [0.1, 0.15) is 33.1 Å². The summed E-state index contributed by atoms with van der Waals surface area (Å²) in [5, 5.41) is 9.34. The van der Waals surface area contributed by atoms with Crippen LogP contribution in [0.3, 0.4) is 0 Å². The molecule has 2 rings (SSSR count). The predicted molar refractivity (Wildman–Crippen MR) is 80.6 cm³/mol. The third-order valence-electron chi connectivity index (χ3n) is 2.65. The Morgan fingerprint density at radius 1 is 1.40 bits per heavy atom. The first kappa shape index (κ1) is 15.2. The topological polar surface area (TPSA) is 89.3 Å². The molecule has 1 atom stereocenters. The number of carbonyl (C=O) groups excluding carboxylic acids is 1. The number of hydrogen-bond acceptors (Lipinski definition) is 5. The van der Waals surface area contributed by atoms with E-state index >= 15 is 0 Å². The number of sulfonamides is 1. The summed E-state index contributed by atoms with van der Waals surface area (Å²) in [5.74, 6) is -0.310. The van der Waals surface area contributed by atoms with Gasteiger partial charge in [-0.25, -0.2) is 13.6 Å². The first-order valence-electron chi connectivity index (χ1n) is 5.76. The highest BCUT2D eigenvalue weighted by atomic mass is 32.2. The van der Waals surface area contributed by atoms with E-state index in [1.807, 2.05) is 26.0 Å². The van der Waals surface area contributed by atoms with Crippen LogP contribution in [0, 0.1) is 6.92 Å². The van der Waals surface area contributed by atoms with Gasteiger partial charge in [-0.2, -0.15) is 0 Å². The summed E-state index contributed by atoms with van der Waals surface area (Å²) >= 11 is 2.56. The Balaban J connectivity index is 2.10. The molecule has 5 nitrogen and oxygen atoms in total. The number of nitrogens with two attached hydrogens (primary N) is 1. The molecule has 0 aliphatic heterocycles. The third kappa shape index (κ3) is 3.45. The first-order chi connectivity index (χ1) is 9.27. The van der Waals surface area contributed by atoms with Gasteiger partial charge in [-0.15, -0.1) is 22.7 Å². The third-order valence-corrected chi connectivity index (χ3v) is 6.22. The zero-order chi connectivity index (χ0) is 14.9. The molecule has 0 radical (unpaired) electrons. The second-order valence-corrected chi connectivity index (χ2v) is 8.36. The van der Waals surface area contributed by atoms with Crippen LogP contribution < -0.4 is 10.5 Å². The highest BCUT2D eigenvalue weighted by Crippen LogP contribution is 2.24. The standard InChI is InChI=1S/C12H14N2O3S3/c1-7-3-4-10(19-7)8(2)14-12(15)9-5-11(18-6-9)20(13,16)17/h3-6,8H,1-2H3,(H,14,15)(H2,13,16,17)/t8-/m1/s1. The van der Waals surface area contributed by atoms with Crippen LogP contribution >= 0.6 is 22.7 Å². The van der Waals surface area contributed by atoms with Gasteiger partial charge >= 0.3 is 0 Å². The van der Waals surface area contributed by atoms with Crippen LogP contribution in [0.2, 0.25) is 0 Å². The van der Waals surface area contributed by atoms with E-state index in [1.165, 1.54) is 16.3 Å². The Kier molecular flexibility index (Phi) is 4.28. The lowest BCUT2D eigenvalue weighted by molar-refractivity contribution is 0.0941. The Labute approximate surface area is 125 Å². The number of aryl methyl sites for hydroxylation is 1. The normalized spacial score (nSPS) is 13.2. The molecule has 0 aromatic carbocycles. The quantitative estimate of drug-likeness (QED) is 0.901. The Bertz CT molecular complexity index is 731. The van der Waals surface area contributed by atoms with E-state index < -0.39 is 10.0 Å². The van der Waals surface area contributed by atoms with Crippen LogP contribution in [0.15, 0.2) is 27.8 Å². The van der Waals surface area contributed by atoms with Crippen molar-refractivity contribution in [2.75, 3.05) is 0 Å². The van der Waals surface area contributed by atoms with Gasteiger partial charge in [-0.05, 0) is 32.0 Å². The Hall–Kier alpha value is -1.22. The minimum Gasteiger partial charge on any atom is -0.345 e. The highest BCUT2D eigenvalue weighted by molar-refractivity contribution is 7.91. The van der Waals surface area contributed by atoms with Crippen molar-refractivity contribution >= 4 is 38.6 Å². The predicted octanol–water partition coefficient (Wildman–Crippen LogP) is 2.26. The summed E-state index contributed by atoms with van der Waals surface area (Å²) in [6, 6.07) is 5.13. The molecule has 1 amide bonds. The number of primary sulfonamides is 1. The number of thiophene rings is 2. The van der Waals surface area contributed by atoms with Crippen molar-refractivity contribution in [3.8, 4) is 0 Å². The molecule has 0 spiro atoms. The summed E-state index contributed by atoms with van der Waals surface area (Å²) in [4.78, 5) is 14.3. The van der Waals surface area contributed by atoms with Gasteiger partial charge in [0.25, 0.3) is 5.91 Å². The summed E-state index contributed by atoms with van der Waals surface area (Å²) in [5.41, 5.74) is 0.305. The average Bonchev–Trinajstić information content (AvgIpc) is 2.95. The fraction of sp³-hybridized carbons (Fsp3) is 0.250. The van der Waals surface area contributed by atoms with Gasteiger partial charge in [0.2, 0.25) is 10.0 Å². The van der Waals surface area contributed by atoms with Crippen LogP contribution in [-0.2, 0) is 10.0 Å². The molecule has 0 aliphatic rings. The second-order valence-electron chi connectivity index (χ2n) is 4.34. The molecule has 0 saturated carbocycles. The van der Waals surface area contributed by atoms with Gasteiger partial charge in [0, 0.05) is 15.1 Å². The van der Waals surface area contributed by atoms with Gasteiger partial charge in [0.1, 0.15) is 4.21 Å². The van der Waals surface area contributed by atoms with E-state index in [1.54, 1.807) is 11.3 Å². The van der Waals surface area contributed by atoms with Gasteiger partial charge in [0.05, 0.1) is 11.6 Å². The largest absolute Gasteiger partial charge is 0.345 e. The molecule has 0 saturated heterocycles. The van der Waals surface area contributed by atoms with Crippen molar-refractivity contribution in [3.05, 3.63) is 38.9 Å². The second kappa shape index (κ2) is 5.65. The molecule has 2 aromatic heterocycles. The minimum absolute atomic E-state index is 0.0118. The molecular formula is C12H14N2O3S3. The zero-order valence-corrected chi connectivity index (χ0v) is 13.4. The molecule has 0 aliphatic carbocycles. The SMILES string of the molecule is Cc1ccc([C@@H](C)NC(=O)c2csc(S(N)(=O)=O)c2)s1. The van der Waals surface area contributed by atoms with Crippen molar-refractivity contribution in [1.82, 2.24) is 5.32 Å². The summed E-state index contributed by atoms with van der Waals surface area (Å²) in [6.45, 7) is 3.89. The van der Waals surface area contributed by atoms with E-state index in [9.17, 15) is 13.2 Å². The van der Waals surface area contributed by atoms with Crippen LogP contribution in [0.5, 0.6) is 0 Å². The molecule has 3 N–H and O–H groups in total. The molecule has 20 heavy (non-hydrogen) atoms. The summed E-state index contributed by atoms with van der Waals surface area (Å²) in [7, 11) is -3.75. The smallest absolute Gasteiger partial charge is 0.252 e. The van der Waals surface area contributed by atoms with Crippen molar-refractivity contribution in [1.29, 1.82) is 0 Å². The average molecular weight is 330 g/mol.